The van der Waals surface area contributed by atoms with Crippen LogP contribution in [-0.2, 0) is 14.9 Å². The zero-order valence-corrected chi connectivity index (χ0v) is 15.7. The number of rotatable bonds is 8. The van der Waals surface area contributed by atoms with E-state index in [1.807, 2.05) is 4.31 Å². The van der Waals surface area contributed by atoms with Crippen LogP contribution < -0.4 is 0 Å². The van der Waals surface area contributed by atoms with Crippen molar-refractivity contribution in [2.75, 3.05) is 26.8 Å². The fourth-order valence-corrected chi connectivity index (χ4v) is 6.07. The molecule has 2 fully saturated rings. The second kappa shape index (κ2) is 9.35. The van der Waals surface area contributed by atoms with Crippen molar-refractivity contribution < 1.29 is 13.2 Å². The van der Waals surface area contributed by atoms with Crippen LogP contribution in [0.15, 0.2) is 0 Å². The molecule has 0 N–H and O–H groups in total. The van der Waals surface area contributed by atoms with Gasteiger partial charge in [0.05, 0.1) is 6.61 Å². The molecule has 1 unspecified atom stereocenters. The quantitative estimate of drug-likeness (QED) is 0.634. The summed E-state index contributed by atoms with van der Waals surface area (Å²) in [5, 5.41) is 0. The largest absolute Gasteiger partial charge is 0.383 e. The molecule has 0 aromatic carbocycles. The first-order valence-electron chi connectivity index (χ1n) is 9.38. The molecule has 0 spiro atoms. The van der Waals surface area contributed by atoms with E-state index in [1.54, 1.807) is 11.4 Å². The molecule has 1 saturated heterocycles. The Balaban J connectivity index is 2.17. The minimum atomic E-state index is -3.37. The van der Waals surface area contributed by atoms with E-state index in [4.69, 9.17) is 4.74 Å². The lowest BCUT2D eigenvalue weighted by Crippen LogP contribution is -2.51. The monoisotopic (exact) mass is 346 g/mol. The Morgan fingerprint density at radius 1 is 1.09 bits per heavy atom. The van der Waals surface area contributed by atoms with Gasteiger partial charge in [-0.2, -0.15) is 17.0 Å². The highest BCUT2D eigenvalue weighted by molar-refractivity contribution is 7.86. The summed E-state index contributed by atoms with van der Waals surface area (Å²) in [7, 11) is -1.72. The average molecular weight is 347 g/mol. The van der Waals surface area contributed by atoms with Crippen molar-refractivity contribution >= 4 is 10.2 Å². The maximum absolute atomic E-state index is 13.3. The van der Waals surface area contributed by atoms with Crippen molar-refractivity contribution in [3.63, 3.8) is 0 Å². The van der Waals surface area contributed by atoms with Gasteiger partial charge < -0.3 is 4.74 Å². The molecule has 1 heterocycles. The Bertz CT molecular complexity index is 433. The maximum atomic E-state index is 13.3. The van der Waals surface area contributed by atoms with Crippen LogP contribution in [0.2, 0.25) is 0 Å². The molecule has 5 nitrogen and oxygen atoms in total. The van der Waals surface area contributed by atoms with Crippen LogP contribution in [-0.4, -0.2) is 55.9 Å². The van der Waals surface area contributed by atoms with Crippen molar-refractivity contribution in [3.8, 4) is 0 Å². The zero-order chi connectivity index (χ0) is 16.7. The third kappa shape index (κ3) is 4.91. The highest BCUT2D eigenvalue weighted by atomic mass is 32.2. The molecule has 1 saturated carbocycles. The van der Waals surface area contributed by atoms with E-state index in [0.717, 1.165) is 51.4 Å². The predicted molar refractivity (Wildman–Crippen MR) is 93.6 cm³/mol. The summed E-state index contributed by atoms with van der Waals surface area (Å²) < 4.78 is 35.5. The average Bonchev–Trinajstić information content (AvgIpc) is 2.84. The third-order valence-electron chi connectivity index (χ3n) is 5.24. The molecule has 0 aromatic heterocycles. The van der Waals surface area contributed by atoms with Crippen LogP contribution in [0.25, 0.3) is 0 Å². The van der Waals surface area contributed by atoms with E-state index < -0.39 is 10.2 Å². The van der Waals surface area contributed by atoms with Gasteiger partial charge in [0, 0.05) is 32.3 Å². The SMILES string of the molecule is CCCCN(C1CCCCCC1)S(=O)(=O)N1CCCC1COC. The first-order valence-corrected chi connectivity index (χ1v) is 10.8. The summed E-state index contributed by atoms with van der Waals surface area (Å²) in [4.78, 5) is 0. The highest BCUT2D eigenvalue weighted by Gasteiger charge is 2.40. The number of hydrogen-bond donors (Lipinski definition) is 0. The number of unbranched alkanes of at least 4 members (excludes halogenated alkanes) is 1. The summed E-state index contributed by atoms with van der Waals surface area (Å²) >= 11 is 0. The molecule has 0 radical (unpaired) electrons. The van der Waals surface area contributed by atoms with Crippen molar-refractivity contribution in [2.45, 2.75) is 83.2 Å². The standard InChI is InChI=1S/C17H34N2O3S/c1-3-4-13-18(16-10-7-5-6-8-11-16)23(20,21)19-14-9-12-17(19)15-22-2/h16-17H,3-15H2,1-2H3. The Kier molecular flexibility index (Phi) is 7.79. The van der Waals surface area contributed by atoms with Crippen molar-refractivity contribution in [2.24, 2.45) is 0 Å². The second-order valence-corrected chi connectivity index (χ2v) is 8.81. The molecule has 1 atom stereocenters. The van der Waals surface area contributed by atoms with Crippen molar-refractivity contribution in [1.82, 2.24) is 8.61 Å². The van der Waals surface area contributed by atoms with E-state index in [9.17, 15) is 8.42 Å². The van der Waals surface area contributed by atoms with E-state index in [2.05, 4.69) is 6.92 Å². The number of methoxy groups -OCH3 is 1. The Hall–Kier alpha value is -0.170. The molecule has 0 amide bonds. The predicted octanol–water partition coefficient (Wildman–Crippen LogP) is 3.17. The van der Waals surface area contributed by atoms with Gasteiger partial charge in [-0.1, -0.05) is 39.0 Å². The molecule has 23 heavy (non-hydrogen) atoms. The minimum Gasteiger partial charge on any atom is -0.383 e. The summed E-state index contributed by atoms with van der Waals surface area (Å²) in [6.07, 6.45) is 10.7. The molecule has 136 valence electrons. The van der Waals surface area contributed by atoms with E-state index >= 15 is 0 Å². The minimum absolute atomic E-state index is 0.0138. The fraction of sp³-hybridized carbons (Fsp3) is 1.00. The molecular weight excluding hydrogens is 312 g/mol. The summed E-state index contributed by atoms with van der Waals surface area (Å²) in [5.74, 6) is 0. The van der Waals surface area contributed by atoms with Crippen molar-refractivity contribution in [3.05, 3.63) is 0 Å². The van der Waals surface area contributed by atoms with Gasteiger partial charge in [0.25, 0.3) is 10.2 Å². The lowest BCUT2D eigenvalue weighted by molar-refractivity contribution is 0.143. The van der Waals surface area contributed by atoms with Crippen LogP contribution in [0, 0.1) is 0 Å². The molecule has 1 aliphatic heterocycles. The second-order valence-electron chi connectivity index (χ2n) is 6.98. The molecule has 0 bridgehead atoms. The number of hydrogen-bond acceptors (Lipinski definition) is 3. The molecule has 0 aromatic rings. The molecule has 1 aliphatic carbocycles. The Morgan fingerprint density at radius 2 is 1.78 bits per heavy atom. The first kappa shape index (κ1) is 19.2. The number of ether oxygens (including phenoxy) is 1. The molecule has 2 aliphatic rings. The van der Waals surface area contributed by atoms with E-state index in [0.29, 0.717) is 19.7 Å². The van der Waals surface area contributed by atoms with E-state index in [1.165, 1.54) is 12.8 Å². The van der Waals surface area contributed by atoms with Gasteiger partial charge in [0.1, 0.15) is 0 Å². The number of nitrogens with zero attached hydrogens (tertiary/aromatic N) is 2. The van der Waals surface area contributed by atoms with Crippen LogP contribution in [0.4, 0.5) is 0 Å². The van der Waals surface area contributed by atoms with Crippen molar-refractivity contribution in [1.29, 1.82) is 0 Å². The van der Waals surface area contributed by atoms with Gasteiger partial charge in [-0.3, -0.25) is 0 Å². The third-order valence-corrected chi connectivity index (χ3v) is 7.39. The molecule has 6 heteroatoms. The Morgan fingerprint density at radius 3 is 2.39 bits per heavy atom. The lowest BCUT2D eigenvalue weighted by atomic mass is 10.1. The van der Waals surface area contributed by atoms with Crippen LogP contribution in [0.1, 0.15) is 71.1 Å². The van der Waals surface area contributed by atoms with E-state index in [-0.39, 0.29) is 12.1 Å². The fourth-order valence-electron chi connectivity index (χ4n) is 3.95. The summed E-state index contributed by atoms with van der Waals surface area (Å²) in [6.45, 7) is 3.94. The topological polar surface area (TPSA) is 49.9 Å². The van der Waals surface area contributed by atoms with Gasteiger partial charge in [-0.25, -0.2) is 0 Å². The molecule has 2 rings (SSSR count). The van der Waals surface area contributed by atoms with Gasteiger partial charge in [-0.05, 0) is 32.1 Å². The zero-order valence-electron chi connectivity index (χ0n) is 14.9. The normalized spacial score (nSPS) is 25.1. The van der Waals surface area contributed by atoms with Crippen LogP contribution in [0.3, 0.4) is 0 Å². The van der Waals surface area contributed by atoms with Gasteiger partial charge in [0.2, 0.25) is 0 Å². The smallest absolute Gasteiger partial charge is 0.282 e. The van der Waals surface area contributed by atoms with Crippen LogP contribution in [0.5, 0.6) is 0 Å². The highest BCUT2D eigenvalue weighted by Crippen LogP contribution is 2.29. The summed E-state index contributed by atoms with van der Waals surface area (Å²) in [6, 6.07) is 0.206. The maximum Gasteiger partial charge on any atom is 0.282 e. The van der Waals surface area contributed by atoms with Gasteiger partial charge in [0.15, 0.2) is 0 Å². The Labute approximate surface area is 142 Å². The summed E-state index contributed by atoms with van der Waals surface area (Å²) in [5.41, 5.74) is 0. The molecular formula is C17H34N2O3S. The van der Waals surface area contributed by atoms with Crippen LogP contribution >= 0.6 is 0 Å². The lowest BCUT2D eigenvalue weighted by Gasteiger charge is -2.35. The van der Waals surface area contributed by atoms with Gasteiger partial charge >= 0.3 is 0 Å². The van der Waals surface area contributed by atoms with Gasteiger partial charge in [-0.15, -0.1) is 0 Å². The first-order chi connectivity index (χ1) is 11.1.